The van der Waals surface area contributed by atoms with Crippen LogP contribution in [0.3, 0.4) is 0 Å². The Bertz CT molecular complexity index is 328. The third-order valence-electron chi connectivity index (χ3n) is 3.99. The SMILES string of the molecule is CC[B]CC(=O)N1CCN(CC(C)(C)CC(C)(C)C)CC1. The average molecular weight is 293 g/mol. The van der Waals surface area contributed by atoms with Crippen molar-refractivity contribution in [2.75, 3.05) is 32.7 Å². The van der Waals surface area contributed by atoms with Gasteiger partial charge < -0.3 is 4.90 Å². The molecule has 121 valence electrons. The van der Waals surface area contributed by atoms with Crippen molar-refractivity contribution in [2.24, 2.45) is 10.8 Å². The molecular weight excluding hydrogens is 259 g/mol. The van der Waals surface area contributed by atoms with Gasteiger partial charge in [0.15, 0.2) is 0 Å². The van der Waals surface area contributed by atoms with Gasteiger partial charge in [0, 0.05) is 32.7 Å². The van der Waals surface area contributed by atoms with E-state index in [1.165, 1.54) is 6.42 Å². The number of piperazine rings is 1. The lowest BCUT2D eigenvalue weighted by Crippen LogP contribution is -2.51. The Hall–Kier alpha value is -0.505. The largest absolute Gasteiger partial charge is 0.341 e. The van der Waals surface area contributed by atoms with Crippen molar-refractivity contribution in [1.29, 1.82) is 0 Å². The fourth-order valence-electron chi connectivity index (χ4n) is 3.65. The lowest BCUT2D eigenvalue weighted by molar-refractivity contribution is -0.130. The summed E-state index contributed by atoms with van der Waals surface area (Å²) >= 11 is 0. The molecule has 0 aromatic carbocycles. The molecular formula is C17H34BN2O. The molecule has 21 heavy (non-hydrogen) atoms. The normalized spacial score (nSPS) is 17.9. The summed E-state index contributed by atoms with van der Waals surface area (Å²) in [7, 11) is 2.07. The highest BCUT2D eigenvalue weighted by Crippen LogP contribution is 2.33. The molecule has 1 aliphatic heterocycles. The van der Waals surface area contributed by atoms with Crippen LogP contribution in [-0.4, -0.2) is 55.7 Å². The predicted octanol–water partition coefficient (Wildman–Crippen LogP) is 3.15. The first-order valence-corrected chi connectivity index (χ1v) is 8.45. The van der Waals surface area contributed by atoms with Crippen LogP contribution in [-0.2, 0) is 4.79 Å². The minimum atomic E-state index is 0.297. The summed E-state index contributed by atoms with van der Waals surface area (Å²) < 4.78 is 0. The molecule has 0 saturated carbocycles. The third-order valence-corrected chi connectivity index (χ3v) is 3.99. The van der Waals surface area contributed by atoms with Crippen LogP contribution in [0.1, 0.15) is 48.0 Å². The van der Waals surface area contributed by atoms with Crippen LogP contribution in [0.25, 0.3) is 0 Å². The standard InChI is InChI=1S/C17H34BN2O/c1-7-18-12-15(21)20-10-8-19(9-11-20)14-17(5,6)13-16(2,3)4/h7-14H2,1-6H3. The molecule has 1 heterocycles. The molecule has 1 saturated heterocycles. The smallest absolute Gasteiger partial charge is 0.214 e. The van der Waals surface area contributed by atoms with Gasteiger partial charge in [-0.25, -0.2) is 0 Å². The molecule has 1 fully saturated rings. The lowest BCUT2D eigenvalue weighted by atomic mass is 9.71. The number of hydrogen-bond donors (Lipinski definition) is 0. The molecule has 3 nitrogen and oxygen atoms in total. The quantitative estimate of drug-likeness (QED) is 0.702. The zero-order chi connectivity index (χ0) is 16.1. The van der Waals surface area contributed by atoms with Gasteiger partial charge in [-0.15, -0.1) is 0 Å². The summed E-state index contributed by atoms with van der Waals surface area (Å²) in [6, 6.07) is 0. The van der Waals surface area contributed by atoms with Crippen molar-refractivity contribution in [3.8, 4) is 0 Å². The van der Waals surface area contributed by atoms with Crippen LogP contribution >= 0.6 is 0 Å². The van der Waals surface area contributed by atoms with Crippen molar-refractivity contribution in [1.82, 2.24) is 9.80 Å². The van der Waals surface area contributed by atoms with Crippen LogP contribution in [0, 0.1) is 10.8 Å². The number of hydrogen-bond acceptors (Lipinski definition) is 2. The zero-order valence-electron chi connectivity index (χ0n) is 15.0. The summed E-state index contributed by atoms with van der Waals surface area (Å²) in [4.78, 5) is 16.6. The molecule has 0 atom stereocenters. The second kappa shape index (κ2) is 7.67. The highest BCUT2D eigenvalue weighted by molar-refractivity contribution is 6.41. The molecule has 0 unspecified atom stereocenters. The maximum absolute atomic E-state index is 12.0. The second-order valence-corrected chi connectivity index (χ2v) is 8.46. The van der Waals surface area contributed by atoms with Gasteiger partial charge in [-0.2, -0.15) is 0 Å². The van der Waals surface area contributed by atoms with Gasteiger partial charge in [-0.3, -0.25) is 9.69 Å². The monoisotopic (exact) mass is 293 g/mol. The lowest BCUT2D eigenvalue weighted by Gasteiger charge is -2.41. The molecule has 1 rings (SSSR count). The molecule has 0 N–H and O–H groups in total. The van der Waals surface area contributed by atoms with Crippen molar-refractivity contribution in [3.63, 3.8) is 0 Å². The first-order valence-electron chi connectivity index (χ1n) is 8.45. The van der Waals surface area contributed by atoms with Crippen molar-refractivity contribution in [2.45, 2.75) is 60.6 Å². The Morgan fingerprint density at radius 1 is 1.05 bits per heavy atom. The highest BCUT2D eigenvalue weighted by Gasteiger charge is 2.29. The van der Waals surface area contributed by atoms with Crippen LogP contribution in [0.4, 0.5) is 0 Å². The zero-order valence-corrected chi connectivity index (χ0v) is 15.0. The van der Waals surface area contributed by atoms with Crippen LogP contribution in [0.5, 0.6) is 0 Å². The molecule has 1 radical (unpaired) electrons. The Labute approximate surface area is 132 Å². The molecule has 0 spiro atoms. The number of carbonyl (C=O) groups is 1. The van der Waals surface area contributed by atoms with E-state index in [2.05, 4.69) is 53.7 Å². The Kier molecular flexibility index (Phi) is 6.77. The van der Waals surface area contributed by atoms with E-state index in [4.69, 9.17) is 0 Å². The van der Waals surface area contributed by atoms with Gasteiger partial charge in [0.1, 0.15) is 7.28 Å². The van der Waals surface area contributed by atoms with E-state index in [1.807, 2.05) is 4.90 Å². The van der Waals surface area contributed by atoms with E-state index < -0.39 is 0 Å². The summed E-state index contributed by atoms with van der Waals surface area (Å²) in [5.74, 6) is 0.297. The van der Waals surface area contributed by atoms with Gasteiger partial charge in [-0.1, -0.05) is 47.9 Å². The van der Waals surface area contributed by atoms with E-state index in [1.54, 1.807) is 0 Å². The molecule has 0 bridgehead atoms. The highest BCUT2D eigenvalue weighted by atomic mass is 16.2. The first kappa shape index (κ1) is 18.5. The number of rotatable bonds is 6. The van der Waals surface area contributed by atoms with Gasteiger partial charge in [0.25, 0.3) is 0 Å². The van der Waals surface area contributed by atoms with E-state index in [0.29, 0.717) is 23.1 Å². The van der Waals surface area contributed by atoms with Crippen molar-refractivity contribution >= 4 is 13.2 Å². The van der Waals surface area contributed by atoms with Crippen LogP contribution in [0.15, 0.2) is 0 Å². The number of nitrogens with zero attached hydrogens (tertiary/aromatic N) is 2. The Morgan fingerprint density at radius 3 is 2.10 bits per heavy atom. The fraction of sp³-hybridized carbons (Fsp3) is 0.941. The molecule has 4 heteroatoms. The van der Waals surface area contributed by atoms with Crippen LogP contribution in [0.2, 0.25) is 12.6 Å². The number of carbonyl (C=O) groups excluding carboxylic acids is 1. The van der Waals surface area contributed by atoms with Crippen molar-refractivity contribution < 1.29 is 4.79 Å². The predicted molar refractivity (Wildman–Crippen MR) is 91.9 cm³/mol. The van der Waals surface area contributed by atoms with E-state index in [0.717, 1.165) is 39.0 Å². The topological polar surface area (TPSA) is 23.6 Å². The summed E-state index contributed by atoms with van der Waals surface area (Å²) in [5, 5.41) is 0. The average Bonchev–Trinajstić information content (AvgIpc) is 2.33. The molecule has 0 aromatic heterocycles. The maximum Gasteiger partial charge on any atom is 0.214 e. The minimum Gasteiger partial charge on any atom is -0.341 e. The second-order valence-electron chi connectivity index (χ2n) is 8.46. The van der Waals surface area contributed by atoms with E-state index in [-0.39, 0.29) is 0 Å². The maximum atomic E-state index is 12.0. The minimum absolute atomic E-state index is 0.297. The first-order chi connectivity index (χ1) is 9.63. The van der Waals surface area contributed by atoms with E-state index >= 15 is 0 Å². The van der Waals surface area contributed by atoms with E-state index in [9.17, 15) is 4.79 Å². The summed E-state index contributed by atoms with van der Waals surface area (Å²) in [6.45, 7) is 18.7. The van der Waals surface area contributed by atoms with Gasteiger partial charge in [0.05, 0.1) is 0 Å². The van der Waals surface area contributed by atoms with Crippen LogP contribution < -0.4 is 0 Å². The Balaban J connectivity index is 2.37. The van der Waals surface area contributed by atoms with Crippen molar-refractivity contribution in [3.05, 3.63) is 0 Å². The summed E-state index contributed by atoms with van der Waals surface area (Å²) in [6.07, 6.45) is 2.81. The Morgan fingerprint density at radius 2 is 1.62 bits per heavy atom. The molecule has 1 aliphatic rings. The van der Waals surface area contributed by atoms with Gasteiger partial charge in [-0.05, 0) is 23.6 Å². The fourth-order valence-corrected chi connectivity index (χ4v) is 3.65. The number of amides is 1. The van der Waals surface area contributed by atoms with Gasteiger partial charge in [0.2, 0.25) is 5.91 Å². The molecule has 0 aliphatic carbocycles. The molecule has 1 amide bonds. The third kappa shape index (κ3) is 7.35. The van der Waals surface area contributed by atoms with Gasteiger partial charge >= 0.3 is 0 Å². The molecule has 0 aromatic rings. The summed E-state index contributed by atoms with van der Waals surface area (Å²) in [5.41, 5.74) is 0.706.